The second-order valence-corrected chi connectivity index (χ2v) is 7.25. The Kier molecular flexibility index (Phi) is 4.85. The van der Waals surface area contributed by atoms with Crippen molar-refractivity contribution in [3.8, 4) is 0 Å². The Bertz CT molecular complexity index is 412. The van der Waals surface area contributed by atoms with Gasteiger partial charge in [0.25, 0.3) is 0 Å². The molecular weight excluding hydrogens is 254 g/mol. The predicted molar refractivity (Wildman–Crippen MR) is 84.0 cm³/mol. The molecule has 0 aliphatic carbocycles. The van der Waals surface area contributed by atoms with Gasteiger partial charge in [0.15, 0.2) is 5.13 Å². The summed E-state index contributed by atoms with van der Waals surface area (Å²) >= 11 is 1.87. The predicted octanol–water partition coefficient (Wildman–Crippen LogP) is 3.57. The number of rotatable bonds is 5. The van der Waals surface area contributed by atoms with Crippen LogP contribution in [0.3, 0.4) is 0 Å². The van der Waals surface area contributed by atoms with E-state index < -0.39 is 0 Å². The Balaban J connectivity index is 2.10. The summed E-state index contributed by atoms with van der Waals surface area (Å²) in [6.07, 6.45) is 2.62. The minimum atomic E-state index is 0.528. The van der Waals surface area contributed by atoms with E-state index in [0.29, 0.717) is 18.0 Å². The average Bonchev–Trinajstić information content (AvgIpc) is 2.92. The summed E-state index contributed by atoms with van der Waals surface area (Å²) < 4.78 is 0. The topological polar surface area (TPSA) is 28.2 Å². The van der Waals surface area contributed by atoms with E-state index in [-0.39, 0.29) is 0 Å². The number of hydrogen-bond acceptors (Lipinski definition) is 4. The molecule has 0 saturated carbocycles. The van der Waals surface area contributed by atoms with E-state index in [0.717, 1.165) is 6.54 Å². The smallest absolute Gasteiger partial charge is 0.186 e. The fraction of sp³-hybridized carbons (Fsp3) is 0.800. The van der Waals surface area contributed by atoms with Gasteiger partial charge in [0.05, 0.1) is 5.69 Å². The SMILES string of the molecule is Cc1nc(N2CCCC2C(C)C)sc1CNC(C)C. The molecule has 1 aromatic rings. The van der Waals surface area contributed by atoms with Crippen molar-refractivity contribution in [1.29, 1.82) is 0 Å². The molecule has 108 valence electrons. The van der Waals surface area contributed by atoms with Crippen LogP contribution in [0.5, 0.6) is 0 Å². The summed E-state index contributed by atoms with van der Waals surface area (Å²) in [5, 5.41) is 4.72. The fourth-order valence-electron chi connectivity index (χ4n) is 2.72. The Hall–Kier alpha value is -0.610. The van der Waals surface area contributed by atoms with Crippen LogP contribution in [0.2, 0.25) is 0 Å². The lowest BCUT2D eigenvalue weighted by atomic mass is 10.0. The van der Waals surface area contributed by atoms with E-state index in [1.807, 2.05) is 11.3 Å². The van der Waals surface area contributed by atoms with E-state index >= 15 is 0 Å². The van der Waals surface area contributed by atoms with Gasteiger partial charge in [0.1, 0.15) is 0 Å². The van der Waals surface area contributed by atoms with Gasteiger partial charge < -0.3 is 10.2 Å². The summed E-state index contributed by atoms with van der Waals surface area (Å²) in [5.74, 6) is 0.712. The highest BCUT2D eigenvalue weighted by molar-refractivity contribution is 7.15. The molecule has 0 radical (unpaired) electrons. The molecule has 2 rings (SSSR count). The molecular formula is C15H27N3S. The van der Waals surface area contributed by atoms with Crippen LogP contribution in [0, 0.1) is 12.8 Å². The Morgan fingerprint density at radius 2 is 2.11 bits per heavy atom. The molecule has 1 unspecified atom stereocenters. The van der Waals surface area contributed by atoms with Crippen molar-refractivity contribution in [2.45, 2.75) is 66.1 Å². The van der Waals surface area contributed by atoms with E-state index in [4.69, 9.17) is 4.98 Å². The third-order valence-electron chi connectivity index (χ3n) is 3.87. The molecule has 1 atom stereocenters. The van der Waals surface area contributed by atoms with Crippen molar-refractivity contribution in [1.82, 2.24) is 10.3 Å². The maximum Gasteiger partial charge on any atom is 0.186 e. The molecule has 4 heteroatoms. The van der Waals surface area contributed by atoms with E-state index in [1.165, 1.54) is 35.1 Å². The van der Waals surface area contributed by atoms with Crippen molar-refractivity contribution in [2.75, 3.05) is 11.4 Å². The molecule has 1 fully saturated rings. The van der Waals surface area contributed by atoms with Crippen LogP contribution in [0.1, 0.15) is 51.1 Å². The second-order valence-electron chi connectivity index (χ2n) is 6.19. The van der Waals surface area contributed by atoms with Gasteiger partial charge in [0.2, 0.25) is 0 Å². The summed E-state index contributed by atoms with van der Waals surface area (Å²) in [5.41, 5.74) is 1.20. The number of hydrogen-bond donors (Lipinski definition) is 1. The van der Waals surface area contributed by atoms with Crippen LogP contribution in [-0.2, 0) is 6.54 Å². The van der Waals surface area contributed by atoms with Gasteiger partial charge in [0, 0.05) is 30.1 Å². The molecule has 1 saturated heterocycles. The molecule has 0 spiro atoms. The van der Waals surface area contributed by atoms with Crippen molar-refractivity contribution in [3.63, 3.8) is 0 Å². The molecule has 1 N–H and O–H groups in total. The zero-order valence-electron chi connectivity index (χ0n) is 12.9. The molecule has 19 heavy (non-hydrogen) atoms. The van der Waals surface area contributed by atoms with E-state index in [1.54, 1.807) is 0 Å². The van der Waals surface area contributed by atoms with Gasteiger partial charge in [-0.25, -0.2) is 4.98 Å². The Labute approximate surface area is 121 Å². The number of aryl methyl sites for hydroxylation is 1. The van der Waals surface area contributed by atoms with Crippen LogP contribution in [0.25, 0.3) is 0 Å². The van der Waals surface area contributed by atoms with Gasteiger partial charge in [-0.15, -0.1) is 11.3 Å². The lowest BCUT2D eigenvalue weighted by molar-refractivity contribution is 0.491. The van der Waals surface area contributed by atoms with Crippen LogP contribution in [0.15, 0.2) is 0 Å². The normalized spacial score (nSPS) is 19.9. The molecule has 0 amide bonds. The first-order valence-corrected chi connectivity index (χ1v) is 8.27. The summed E-state index contributed by atoms with van der Waals surface area (Å²) in [6.45, 7) is 13.3. The first-order valence-electron chi connectivity index (χ1n) is 7.45. The largest absolute Gasteiger partial charge is 0.345 e. The van der Waals surface area contributed by atoms with Crippen LogP contribution in [-0.4, -0.2) is 23.6 Å². The lowest BCUT2D eigenvalue weighted by Crippen LogP contribution is -2.33. The highest BCUT2D eigenvalue weighted by atomic mass is 32.1. The van der Waals surface area contributed by atoms with Gasteiger partial charge in [-0.1, -0.05) is 27.7 Å². The fourth-order valence-corrected chi connectivity index (χ4v) is 3.82. The lowest BCUT2D eigenvalue weighted by Gasteiger charge is -2.27. The van der Waals surface area contributed by atoms with Crippen molar-refractivity contribution >= 4 is 16.5 Å². The minimum Gasteiger partial charge on any atom is -0.345 e. The van der Waals surface area contributed by atoms with Crippen molar-refractivity contribution in [2.24, 2.45) is 5.92 Å². The number of nitrogens with zero attached hydrogens (tertiary/aromatic N) is 2. The monoisotopic (exact) mass is 281 g/mol. The first kappa shape index (κ1) is 14.8. The maximum atomic E-state index is 4.81. The molecule has 1 aliphatic heterocycles. The standard InChI is InChI=1S/C15H27N3S/c1-10(2)13-7-6-8-18(13)15-17-12(5)14(19-15)9-16-11(3)4/h10-11,13,16H,6-9H2,1-5H3. The third-order valence-corrected chi connectivity index (χ3v) is 5.06. The zero-order valence-corrected chi connectivity index (χ0v) is 13.7. The molecule has 3 nitrogen and oxygen atoms in total. The molecule has 1 aliphatic rings. The summed E-state index contributed by atoms with van der Waals surface area (Å²) in [7, 11) is 0. The van der Waals surface area contributed by atoms with Gasteiger partial charge in [-0.2, -0.15) is 0 Å². The van der Waals surface area contributed by atoms with Crippen molar-refractivity contribution < 1.29 is 0 Å². The highest BCUT2D eigenvalue weighted by Crippen LogP contribution is 2.34. The molecule has 0 aromatic carbocycles. The quantitative estimate of drug-likeness (QED) is 0.894. The molecule has 2 heterocycles. The summed E-state index contributed by atoms with van der Waals surface area (Å²) in [6, 6.07) is 1.21. The molecule has 1 aromatic heterocycles. The van der Waals surface area contributed by atoms with Crippen LogP contribution >= 0.6 is 11.3 Å². The highest BCUT2D eigenvalue weighted by Gasteiger charge is 2.29. The average molecular weight is 281 g/mol. The number of thiazole rings is 1. The Morgan fingerprint density at radius 1 is 1.37 bits per heavy atom. The summed E-state index contributed by atoms with van der Waals surface area (Å²) in [4.78, 5) is 8.72. The third kappa shape index (κ3) is 3.48. The van der Waals surface area contributed by atoms with Gasteiger partial charge in [-0.05, 0) is 25.7 Å². The van der Waals surface area contributed by atoms with Crippen molar-refractivity contribution in [3.05, 3.63) is 10.6 Å². The zero-order chi connectivity index (χ0) is 14.0. The van der Waals surface area contributed by atoms with Crippen LogP contribution < -0.4 is 10.2 Å². The number of aromatic nitrogens is 1. The van der Waals surface area contributed by atoms with E-state index in [9.17, 15) is 0 Å². The Morgan fingerprint density at radius 3 is 2.74 bits per heavy atom. The molecule has 0 bridgehead atoms. The van der Waals surface area contributed by atoms with Crippen LogP contribution in [0.4, 0.5) is 5.13 Å². The van der Waals surface area contributed by atoms with Gasteiger partial charge >= 0.3 is 0 Å². The number of anilines is 1. The maximum absolute atomic E-state index is 4.81. The van der Waals surface area contributed by atoms with Gasteiger partial charge in [-0.3, -0.25) is 0 Å². The van der Waals surface area contributed by atoms with E-state index in [2.05, 4.69) is 44.8 Å². The number of nitrogens with one attached hydrogen (secondary N) is 1. The second kappa shape index (κ2) is 6.23. The minimum absolute atomic E-state index is 0.528. The first-order chi connectivity index (χ1) is 8.99.